The first-order valence-electron chi connectivity index (χ1n) is 10.5. The number of nitriles is 1. The van der Waals surface area contributed by atoms with Gasteiger partial charge in [0.1, 0.15) is 17.5 Å². The summed E-state index contributed by atoms with van der Waals surface area (Å²) in [5.41, 5.74) is 3.13. The first kappa shape index (κ1) is 21.4. The molecule has 0 saturated carbocycles. The van der Waals surface area contributed by atoms with Crippen LogP contribution in [0.15, 0.2) is 30.5 Å². The number of fused-ring (bicyclic) bond motifs is 1. The third kappa shape index (κ3) is 4.17. The van der Waals surface area contributed by atoms with Crippen molar-refractivity contribution in [1.82, 2.24) is 9.88 Å². The van der Waals surface area contributed by atoms with Crippen LogP contribution in [0, 0.1) is 11.3 Å². The van der Waals surface area contributed by atoms with Gasteiger partial charge in [0.2, 0.25) is 0 Å². The number of anilines is 2. The molecule has 9 heteroatoms. The van der Waals surface area contributed by atoms with Gasteiger partial charge in [-0.05, 0) is 49.1 Å². The second-order valence-corrected chi connectivity index (χ2v) is 7.80. The average molecular weight is 435 g/mol. The van der Waals surface area contributed by atoms with Crippen LogP contribution >= 0.6 is 0 Å². The van der Waals surface area contributed by atoms with Crippen LogP contribution in [0.4, 0.5) is 16.2 Å². The van der Waals surface area contributed by atoms with Crippen LogP contribution < -0.4 is 15.0 Å². The molecular weight excluding hydrogens is 410 g/mol. The molecule has 1 fully saturated rings. The van der Waals surface area contributed by atoms with Crippen LogP contribution in [-0.4, -0.2) is 61.8 Å². The van der Waals surface area contributed by atoms with Gasteiger partial charge in [-0.15, -0.1) is 0 Å². The van der Waals surface area contributed by atoms with Gasteiger partial charge in [-0.25, -0.2) is 14.6 Å². The lowest BCUT2D eigenvalue weighted by molar-refractivity contribution is 0.0594. The smallest absolute Gasteiger partial charge is 0.356 e. The van der Waals surface area contributed by atoms with Gasteiger partial charge in [0.25, 0.3) is 0 Å². The molecule has 4 rings (SSSR count). The highest BCUT2D eigenvalue weighted by Crippen LogP contribution is 2.30. The molecule has 0 atom stereocenters. The molecule has 0 radical (unpaired) electrons. The van der Waals surface area contributed by atoms with E-state index in [1.54, 1.807) is 13.2 Å². The van der Waals surface area contributed by atoms with Crippen LogP contribution in [-0.2, 0) is 11.2 Å². The van der Waals surface area contributed by atoms with E-state index in [-0.39, 0.29) is 17.8 Å². The van der Waals surface area contributed by atoms with Crippen LogP contribution in [0.5, 0.6) is 5.75 Å². The molecule has 2 aromatic rings. The zero-order valence-corrected chi connectivity index (χ0v) is 18.1. The maximum Gasteiger partial charge on any atom is 0.356 e. The largest absolute Gasteiger partial charge is 0.497 e. The number of ether oxygens (including phenoxy) is 2. The summed E-state index contributed by atoms with van der Waals surface area (Å²) >= 11 is 0. The second-order valence-electron chi connectivity index (χ2n) is 7.80. The van der Waals surface area contributed by atoms with Gasteiger partial charge in [-0.2, -0.15) is 5.26 Å². The van der Waals surface area contributed by atoms with Gasteiger partial charge >= 0.3 is 12.0 Å². The van der Waals surface area contributed by atoms with E-state index in [0.29, 0.717) is 30.9 Å². The minimum atomic E-state index is -0.539. The summed E-state index contributed by atoms with van der Waals surface area (Å²) in [7, 11) is 2.93. The zero-order valence-electron chi connectivity index (χ0n) is 18.1. The van der Waals surface area contributed by atoms with E-state index >= 15 is 0 Å². The summed E-state index contributed by atoms with van der Waals surface area (Å²) < 4.78 is 10.1. The molecule has 32 heavy (non-hydrogen) atoms. The molecule has 0 spiro atoms. The highest BCUT2D eigenvalue weighted by Gasteiger charge is 2.31. The average Bonchev–Trinajstić information content (AvgIpc) is 3.00. The number of rotatable bonds is 4. The van der Waals surface area contributed by atoms with Crippen molar-refractivity contribution in [3.8, 4) is 11.8 Å². The summed E-state index contributed by atoms with van der Waals surface area (Å²) in [6.45, 7) is 1.95. The highest BCUT2D eigenvalue weighted by molar-refractivity contribution is 5.91. The summed E-state index contributed by atoms with van der Waals surface area (Å²) in [6.07, 6.45) is 3.67. The van der Waals surface area contributed by atoms with Gasteiger partial charge < -0.3 is 24.6 Å². The van der Waals surface area contributed by atoms with E-state index in [0.717, 1.165) is 36.3 Å². The maximum absolute atomic E-state index is 12.9. The molecule has 0 bridgehead atoms. The van der Waals surface area contributed by atoms with Crippen molar-refractivity contribution in [3.05, 3.63) is 47.3 Å². The number of aromatic nitrogens is 1. The van der Waals surface area contributed by atoms with Crippen LogP contribution in [0.2, 0.25) is 0 Å². The molecule has 166 valence electrons. The summed E-state index contributed by atoms with van der Waals surface area (Å²) in [5.74, 6) is 0.236. The Labute approximate surface area is 186 Å². The number of hydrogen-bond donors (Lipinski definition) is 1. The quantitative estimate of drug-likeness (QED) is 0.736. The van der Waals surface area contributed by atoms with Crippen molar-refractivity contribution in [3.63, 3.8) is 0 Å². The highest BCUT2D eigenvalue weighted by atomic mass is 16.5. The van der Waals surface area contributed by atoms with E-state index in [2.05, 4.69) is 21.3 Å². The molecule has 0 unspecified atom stereocenters. The fraction of sp³-hybridized carbons (Fsp3) is 0.391. The Hall–Kier alpha value is -3.80. The van der Waals surface area contributed by atoms with Crippen molar-refractivity contribution in [2.45, 2.75) is 25.3 Å². The summed E-state index contributed by atoms with van der Waals surface area (Å²) in [5, 5.41) is 12.5. The number of benzene rings is 1. The van der Waals surface area contributed by atoms with Crippen LogP contribution in [0.1, 0.15) is 34.5 Å². The number of esters is 1. The van der Waals surface area contributed by atoms with Gasteiger partial charge in [-0.1, -0.05) is 0 Å². The first-order valence-corrected chi connectivity index (χ1v) is 10.5. The lowest BCUT2D eigenvalue weighted by Crippen LogP contribution is -2.49. The third-order valence-electron chi connectivity index (χ3n) is 6.08. The maximum atomic E-state index is 12.9. The minimum Gasteiger partial charge on any atom is -0.497 e. The number of hydrogen-bond acceptors (Lipinski definition) is 7. The SMILES string of the molecule is COC(=O)c1cc(N2CCC(N3CCc4cc(OC)ccc4NC3=O)CC2)c(C#N)cn1. The Morgan fingerprint density at radius 2 is 2.00 bits per heavy atom. The first-order chi connectivity index (χ1) is 15.5. The van der Waals surface area contributed by atoms with Crippen molar-refractivity contribution >= 4 is 23.4 Å². The Bertz CT molecular complexity index is 1070. The molecule has 2 aliphatic heterocycles. The predicted molar refractivity (Wildman–Crippen MR) is 118 cm³/mol. The van der Waals surface area contributed by atoms with E-state index in [1.807, 2.05) is 23.1 Å². The fourth-order valence-electron chi connectivity index (χ4n) is 4.33. The van der Waals surface area contributed by atoms with E-state index < -0.39 is 5.97 Å². The number of carbonyl (C=O) groups is 2. The number of pyridine rings is 1. The van der Waals surface area contributed by atoms with Crippen LogP contribution in [0.3, 0.4) is 0 Å². The van der Waals surface area contributed by atoms with Gasteiger partial charge in [-0.3, -0.25) is 0 Å². The van der Waals surface area contributed by atoms with Crippen molar-refractivity contribution in [2.24, 2.45) is 0 Å². The third-order valence-corrected chi connectivity index (χ3v) is 6.08. The van der Waals surface area contributed by atoms with E-state index in [9.17, 15) is 14.9 Å². The second kappa shape index (κ2) is 9.14. The molecule has 1 aromatic heterocycles. The standard InChI is InChI=1S/C23H25N5O4/c1-31-18-3-4-19-15(11-18)5-10-28(23(30)26-19)17-6-8-27(9-7-17)21-12-20(22(29)32-2)25-14-16(21)13-24/h3-4,11-12,14,17H,5-10H2,1-2H3,(H,26,30). The molecular formula is C23H25N5O4. The summed E-state index contributed by atoms with van der Waals surface area (Å²) in [6, 6.07) is 9.44. The number of urea groups is 1. The van der Waals surface area contributed by atoms with E-state index in [1.165, 1.54) is 13.3 Å². The van der Waals surface area contributed by atoms with Gasteiger partial charge in [0.05, 0.1) is 25.5 Å². The normalized spacial score (nSPS) is 16.5. The van der Waals surface area contributed by atoms with E-state index in [4.69, 9.17) is 9.47 Å². The number of piperidine rings is 1. The number of methoxy groups -OCH3 is 2. The Kier molecular flexibility index (Phi) is 6.12. The summed E-state index contributed by atoms with van der Waals surface area (Å²) in [4.78, 5) is 32.8. The van der Waals surface area contributed by atoms with Crippen molar-refractivity contribution in [1.29, 1.82) is 5.26 Å². The molecule has 2 aliphatic rings. The topological polar surface area (TPSA) is 108 Å². The molecule has 9 nitrogen and oxygen atoms in total. The number of carbonyl (C=O) groups excluding carboxylic acids is 2. The molecule has 3 heterocycles. The molecule has 2 amide bonds. The fourth-order valence-corrected chi connectivity index (χ4v) is 4.33. The lowest BCUT2D eigenvalue weighted by atomic mass is 10.0. The number of amides is 2. The van der Waals surface area contributed by atoms with Crippen molar-refractivity contribution < 1.29 is 19.1 Å². The minimum absolute atomic E-state index is 0.0925. The number of nitrogens with one attached hydrogen (secondary N) is 1. The lowest BCUT2D eigenvalue weighted by Gasteiger charge is -2.39. The predicted octanol–water partition coefficient (Wildman–Crippen LogP) is 2.81. The van der Waals surface area contributed by atoms with Crippen molar-refractivity contribution in [2.75, 3.05) is 44.1 Å². The van der Waals surface area contributed by atoms with Crippen LogP contribution in [0.25, 0.3) is 0 Å². The van der Waals surface area contributed by atoms with Gasteiger partial charge in [0, 0.05) is 37.6 Å². The molecule has 0 aliphatic carbocycles. The number of nitrogens with zero attached hydrogens (tertiary/aromatic N) is 4. The monoisotopic (exact) mass is 435 g/mol. The Balaban J connectivity index is 1.46. The molecule has 1 saturated heterocycles. The Morgan fingerprint density at radius 1 is 1.22 bits per heavy atom. The Morgan fingerprint density at radius 3 is 2.69 bits per heavy atom. The molecule has 1 aromatic carbocycles. The van der Waals surface area contributed by atoms with Gasteiger partial charge in [0.15, 0.2) is 0 Å². The zero-order chi connectivity index (χ0) is 22.7. The molecule has 1 N–H and O–H groups in total.